The Balaban J connectivity index is 2.24. The summed E-state index contributed by atoms with van der Waals surface area (Å²) in [5, 5.41) is 9.93. The van der Waals surface area contributed by atoms with Crippen molar-refractivity contribution in [2.45, 2.75) is 33.6 Å². The van der Waals surface area contributed by atoms with Gasteiger partial charge in [0.15, 0.2) is 11.6 Å². The molecule has 1 aromatic rings. The minimum Gasteiger partial charge on any atom is -0.512 e. The van der Waals surface area contributed by atoms with Crippen LogP contribution in [0.1, 0.15) is 44.0 Å². The zero-order valence-electron chi connectivity index (χ0n) is 12.1. The van der Waals surface area contributed by atoms with E-state index in [-0.39, 0.29) is 17.3 Å². The van der Waals surface area contributed by atoms with Gasteiger partial charge in [0.25, 0.3) is 0 Å². The highest BCUT2D eigenvalue weighted by Gasteiger charge is 2.55. The van der Waals surface area contributed by atoms with Gasteiger partial charge in [-0.25, -0.2) is 0 Å². The van der Waals surface area contributed by atoms with E-state index >= 15 is 0 Å². The summed E-state index contributed by atoms with van der Waals surface area (Å²) in [6, 6.07) is 8.86. The standard InChI is InChI=1S/C17H20O3/c1-16(2,3)13(18)11-14(19)17(9-10-17)15(20)12-7-5-4-6-8-12/h4-8,11,18H,9-10H2,1-3H3/b13-11-. The molecule has 0 spiro atoms. The first-order valence-corrected chi connectivity index (χ1v) is 6.83. The largest absolute Gasteiger partial charge is 0.512 e. The molecule has 1 N–H and O–H groups in total. The minimum atomic E-state index is -0.944. The molecule has 0 aromatic heterocycles. The Morgan fingerprint density at radius 3 is 2.15 bits per heavy atom. The zero-order chi connectivity index (χ0) is 15.0. The van der Waals surface area contributed by atoms with E-state index in [1.165, 1.54) is 6.08 Å². The smallest absolute Gasteiger partial charge is 0.176 e. The predicted molar refractivity (Wildman–Crippen MR) is 77.6 cm³/mol. The molecule has 1 fully saturated rings. The third-order valence-corrected chi connectivity index (χ3v) is 3.73. The number of hydrogen-bond acceptors (Lipinski definition) is 3. The second kappa shape index (κ2) is 4.89. The molecule has 3 heteroatoms. The normalized spacial score (nSPS) is 17.6. The lowest BCUT2D eigenvalue weighted by atomic mass is 9.87. The molecule has 1 aromatic carbocycles. The van der Waals surface area contributed by atoms with E-state index in [4.69, 9.17) is 0 Å². The van der Waals surface area contributed by atoms with E-state index in [9.17, 15) is 14.7 Å². The number of carbonyl (C=O) groups excluding carboxylic acids is 2. The Kier molecular flexibility index (Phi) is 3.55. The van der Waals surface area contributed by atoms with Crippen molar-refractivity contribution in [1.82, 2.24) is 0 Å². The fraction of sp³-hybridized carbons (Fsp3) is 0.412. The summed E-state index contributed by atoms with van der Waals surface area (Å²) in [7, 11) is 0. The van der Waals surface area contributed by atoms with Crippen LogP contribution >= 0.6 is 0 Å². The molecular formula is C17H20O3. The Bertz CT molecular complexity index is 558. The zero-order valence-corrected chi connectivity index (χ0v) is 12.1. The number of ketones is 2. The van der Waals surface area contributed by atoms with Gasteiger partial charge in [0.1, 0.15) is 5.76 Å². The van der Waals surface area contributed by atoms with Crippen LogP contribution in [-0.4, -0.2) is 16.7 Å². The summed E-state index contributed by atoms with van der Waals surface area (Å²) >= 11 is 0. The Morgan fingerprint density at radius 2 is 1.70 bits per heavy atom. The second-order valence-corrected chi connectivity index (χ2v) is 6.42. The van der Waals surface area contributed by atoms with E-state index in [1.807, 2.05) is 26.8 Å². The van der Waals surface area contributed by atoms with Gasteiger partial charge >= 0.3 is 0 Å². The summed E-state index contributed by atoms with van der Waals surface area (Å²) in [6.07, 6.45) is 2.36. The van der Waals surface area contributed by atoms with Crippen LogP contribution in [0.25, 0.3) is 0 Å². The number of carbonyl (C=O) groups is 2. The molecule has 0 bridgehead atoms. The van der Waals surface area contributed by atoms with Gasteiger partial charge in [0.2, 0.25) is 0 Å². The molecule has 20 heavy (non-hydrogen) atoms. The number of aliphatic hydroxyl groups excluding tert-OH is 1. The molecule has 0 atom stereocenters. The number of Topliss-reactive ketones (excluding diaryl/α,β-unsaturated/α-hetero) is 1. The monoisotopic (exact) mass is 272 g/mol. The molecule has 106 valence electrons. The number of aliphatic hydroxyl groups is 1. The first-order valence-electron chi connectivity index (χ1n) is 6.83. The topological polar surface area (TPSA) is 54.4 Å². The van der Waals surface area contributed by atoms with E-state index in [2.05, 4.69) is 0 Å². The molecule has 0 saturated heterocycles. The maximum atomic E-state index is 12.5. The molecule has 0 unspecified atom stereocenters. The van der Waals surface area contributed by atoms with Gasteiger partial charge in [-0.2, -0.15) is 0 Å². The predicted octanol–water partition coefficient (Wildman–Crippen LogP) is 3.71. The molecule has 1 aliphatic rings. The third-order valence-electron chi connectivity index (χ3n) is 3.73. The number of rotatable bonds is 4. The van der Waals surface area contributed by atoms with E-state index in [1.54, 1.807) is 24.3 Å². The van der Waals surface area contributed by atoms with Crippen molar-refractivity contribution in [2.24, 2.45) is 10.8 Å². The van der Waals surface area contributed by atoms with Crippen LogP contribution < -0.4 is 0 Å². The van der Waals surface area contributed by atoms with Gasteiger partial charge in [-0.3, -0.25) is 9.59 Å². The molecule has 0 radical (unpaired) electrons. The summed E-state index contributed by atoms with van der Waals surface area (Å²) in [5.41, 5.74) is -0.871. The lowest BCUT2D eigenvalue weighted by molar-refractivity contribution is -0.118. The van der Waals surface area contributed by atoms with Crippen LogP contribution in [0.3, 0.4) is 0 Å². The highest BCUT2D eigenvalue weighted by Crippen LogP contribution is 2.49. The third kappa shape index (κ3) is 2.67. The molecule has 0 heterocycles. The Morgan fingerprint density at radius 1 is 1.15 bits per heavy atom. The lowest BCUT2D eigenvalue weighted by Gasteiger charge is -2.18. The molecule has 3 nitrogen and oxygen atoms in total. The average molecular weight is 272 g/mol. The second-order valence-electron chi connectivity index (χ2n) is 6.42. The van der Waals surface area contributed by atoms with E-state index in [0.717, 1.165) is 0 Å². The fourth-order valence-corrected chi connectivity index (χ4v) is 2.06. The number of hydrogen-bond donors (Lipinski definition) is 1. The van der Waals surface area contributed by atoms with Crippen LogP contribution in [0.2, 0.25) is 0 Å². The van der Waals surface area contributed by atoms with Crippen molar-refractivity contribution >= 4 is 11.6 Å². The van der Waals surface area contributed by atoms with E-state index < -0.39 is 10.8 Å². The van der Waals surface area contributed by atoms with Crippen LogP contribution in [0.5, 0.6) is 0 Å². The van der Waals surface area contributed by atoms with E-state index in [0.29, 0.717) is 18.4 Å². The molecule has 2 rings (SSSR count). The van der Waals surface area contributed by atoms with Gasteiger partial charge in [-0.05, 0) is 12.8 Å². The van der Waals surface area contributed by atoms with Gasteiger partial charge in [-0.1, -0.05) is 51.1 Å². The molecule has 1 saturated carbocycles. The summed E-state index contributed by atoms with van der Waals surface area (Å²) in [6.45, 7) is 5.47. The number of benzene rings is 1. The van der Waals surface area contributed by atoms with Crippen molar-refractivity contribution in [2.75, 3.05) is 0 Å². The highest BCUT2D eigenvalue weighted by molar-refractivity contribution is 6.20. The van der Waals surface area contributed by atoms with Gasteiger partial charge < -0.3 is 5.11 Å². The maximum Gasteiger partial charge on any atom is 0.176 e. The fourth-order valence-electron chi connectivity index (χ4n) is 2.06. The molecule has 0 aliphatic heterocycles. The van der Waals surface area contributed by atoms with Crippen molar-refractivity contribution in [3.63, 3.8) is 0 Å². The molecule has 1 aliphatic carbocycles. The Labute approximate surface area is 119 Å². The van der Waals surface area contributed by atoms with Crippen molar-refractivity contribution in [1.29, 1.82) is 0 Å². The lowest BCUT2D eigenvalue weighted by Crippen LogP contribution is -2.26. The van der Waals surface area contributed by atoms with Crippen molar-refractivity contribution < 1.29 is 14.7 Å². The summed E-state index contributed by atoms with van der Waals surface area (Å²) in [5.74, 6) is -0.394. The van der Waals surface area contributed by atoms with Crippen LogP contribution in [0, 0.1) is 10.8 Å². The molecular weight excluding hydrogens is 252 g/mol. The highest BCUT2D eigenvalue weighted by atomic mass is 16.3. The molecule has 0 amide bonds. The quantitative estimate of drug-likeness (QED) is 0.393. The Hall–Kier alpha value is -1.90. The maximum absolute atomic E-state index is 12.5. The van der Waals surface area contributed by atoms with Gasteiger partial charge in [0.05, 0.1) is 5.41 Å². The first-order chi connectivity index (χ1) is 9.27. The average Bonchev–Trinajstić information content (AvgIpc) is 3.19. The van der Waals surface area contributed by atoms with Gasteiger partial charge in [0, 0.05) is 17.1 Å². The van der Waals surface area contributed by atoms with Crippen molar-refractivity contribution in [3.05, 3.63) is 47.7 Å². The minimum absolute atomic E-state index is 0.0228. The van der Waals surface area contributed by atoms with Gasteiger partial charge in [-0.15, -0.1) is 0 Å². The van der Waals surface area contributed by atoms with Crippen LogP contribution in [-0.2, 0) is 4.79 Å². The van der Waals surface area contributed by atoms with Crippen LogP contribution in [0.4, 0.5) is 0 Å². The number of allylic oxidation sites excluding steroid dienone is 2. The van der Waals surface area contributed by atoms with Crippen molar-refractivity contribution in [3.8, 4) is 0 Å². The summed E-state index contributed by atoms with van der Waals surface area (Å²) in [4.78, 5) is 24.8. The summed E-state index contributed by atoms with van der Waals surface area (Å²) < 4.78 is 0. The first kappa shape index (κ1) is 14.5. The SMILES string of the molecule is CC(C)(C)/C(O)=C/C(=O)C1(C(=O)c2ccccc2)CC1. The van der Waals surface area contributed by atoms with Crippen LogP contribution in [0.15, 0.2) is 42.2 Å².